The average Bonchev–Trinajstić information content (AvgIpc) is 2.57. The first-order valence-electron chi connectivity index (χ1n) is 8.15. The Balaban J connectivity index is 0.00000144. The van der Waals surface area contributed by atoms with E-state index >= 15 is 0 Å². The maximum Gasteiger partial charge on any atom is 0.123 e. The summed E-state index contributed by atoms with van der Waals surface area (Å²) in [6.07, 6.45) is 2.26. The van der Waals surface area contributed by atoms with Gasteiger partial charge in [-0.15, -0.1) is 24.8 Å². The molecule has 1 N–H and O–H groups in total. The second-order valence-electron chi connectivity index (χ2n) is 6.07. The van der Waals surface area contributed by atoms with E-state index in [0.29, 0.717) is 12.0 Å². The number of nitrogens with zero attached hydrogens (tertiary/aromatic N) is 1. The van der Waals surface area contributed by atoms with Gasteiger partial charge in [-0.05, 0) is 37.0 Å². The molecule has 0 bridgehead atoms. The van der Waals surface area contributed by atoms with Gasteiger partial charge in [0.1, 0.15) is 5.75 Å². The van der Waals surface area contributed by atoms with E-state index in [1.165, 1.54) is 5.56 Å². The molecule has 24 heavy (non-hydrogen) atoms. The Morgan fingerprint density at radius 3 is 2.50 bits per heavy atom. The fourth-order valence-electron chi connectivity index (χ4n) is 3.68. The molecule has 4 nitrogen and oxygen atoms in total. The molecule has 0 aromatic heterocycles. The second kappa shape index (κ2) is 10.8. The zero-order chi connectivity index (χ0) is 15.4. The summed E-state index contributed by atoms with van der Waals surface area (Å²) >= 11 is 3.63. The minimum Gasteiger partial charge on any atom is -0.496 e. The van der Waals surface area contributed by atoms with Gasteiger partial charge in [0, 0.05) is 55.5 Å². The van der Waals surface area contributed by atoms with Crippen molar-refractivity contribution in [2.45, 2.75) is 18.9 Å². The standard InChI is InChI=1S/C17H25BrN2O2.2ClH/c1-21-16-3-2-14(18)12-15(16)17(13-4-10-22-11-5-13)20-8-6-19-7-9-20;;/h2-3,12-13,17,19H,4-11H2,1H3;2*1H/t17-;;/m1../s1. The van der Waals surface area contributed by atoms with Crippen LogP contribution in [0, 0.1) is 5.92 Å². The SMILES string of the molecule is COc1ccc(Br)cc1[C@@H](C1CCOCC1)N1CCNCC1.Cl.Cl. The molecule has 2 fully saturated rings. The highest BCUT2D eigenvalue weighted by atomic mass is 79.9. The third-order valence-electron chi connectivity index (χ3n) is 4.77. The van der Waals surface area contributed by atoms with Crippen LogP contribution in [-0.2, 0) is 4.74 Å². The molecule has 138 valence electrons. The monoisotopic (exact) mass is 440 g/mol. The van der Waals surface area contributed by atoms with Gasteiger partial charge < -0.3 is 14.8 Å². The molecule has 0 aliphatic carbocycles. The van der Waals surface area contributed by atoms with Gasteiger partial charge in [0.2, 0.25) is 0 Å². The number of hydrogen-bond donors (Lipinski definition) is 1. The van der Waals surface area contributed by atoms with Gasteiger partial charge in [0.15, 0.2) is 0 Å². The maximum atomic E-state index is 5.67. The van der Waals surface area contributed by atoms with Gasteiger partial charge in [0.05, 0.1) is 7.11 Å². The third kappa shape index (κ3) is 5.23. The third-order valence-corrected chi connectivity index (χ3v) is 5.26. The van der Waals surface area contributed by atoms with Crippen LogP contribution in [0.15, 0.2) is 22.7 Å². The zero-order valence-electron chi connectivity index (χ0n) is 14.0. The lowest BCUT2D eigenvalue weighted by Gasteiger charge is -2.41. The van der Waals surface area contributed by atoms with Crippen LogP contribution in [-0.4, -0.2) is 51.4 Å². The lowest BCUT2D eigenvalue weighted by molar-refractivity contribution is 0.0206. The van der Waals surface area contributed by atoms with Crippen molar-refractivity contribution in [3.8, 4) is 5.75 Å². The highest BCUT2D eigenvalue weighted by Crippen LogP contribution is 2.40. The first kappa shape index (κ1) is 22.0. The fraction of sp³-hybridized carbons (Fsp3) is 0.647. The number of rotatable bonds is 4. The summed E-state index contributed by atoms with van der Waals surface area (Å²) in [6.45, 7) is 6.08. The van der Waals surface area contributed by atoms with E-state index in [1.54, 1.807) is 7.11 Å². The Bertz CT molecular complexity index is 477. The van der Waals surface area contributed by atoms with E-state index in [2.05, 4.69) is 44.3 Å². The number of ether oxygens (including phenoxy) is 2. The molecular formula is C17H27BrCl2N2O2. The molecule has 0 amide bonds. The van der Waals surface area contributed by atoms with E-state index in [4.69, 9.17) is 9.47 Å². The first-order valence-corrected chi connectivity index (χ1v) is 8.95. The Morgan fingerprint density at radius 1 is 1.21 bits per heavy atom. The quantitative estimate of drug-likeness (QED) is 0.772. The molecule has 1 aromatic rings. The van der Waals surface area contributed by atoms with Crippen LogP contribution < -0.4 is 10.1 Å². The van der Waals surface area contributed by atoms with E-state index in [9.17, 15) is 0 Å². The minimum atomic E-state index is 0. The number of benzene rings is 1. The number of piperazine rings is 1. The molecule has 1 aromatic carbocycles. The van der Waals surface area contributed by atoms with Crippen molar-refractivity contribution in [1.29, 1.82) is 0 Å². The molecule has 7 heteroatoms. The number of halogens is 3. The van der Waals surface area contributed by atoms with E-state index < -0.39 is 0 Å². The Labute approximate surface area is 165 Å². The van der Waals surface area contributed by atoms with Crippen LogP contribution in [0.5, 0.6) is 5.75 Å². The summed E-state index contributed by atoms with van der Waals surface area (Å²) in [4.78, 5) is 2.62. The van der Waals surface area contributed by atoms with Crippen molar-refractivity contribution in [2.75, 3.05) is 46.5 Å². The van der Waals surface area contributed by atoms with Crippen LogP contribution in [0.2, 0.25) is 0 Å². The summed E-state index contributed by atoms with van der Waals surface area (Å²) < 4.78 is 12.4. The minimum absolute atomic E-state index is 0. The molecular weight excluding hydrogens is 415 g/mol. The van der Waals surface area contributed by atoms with Gasteiger partial charge in [-0.25, -0.2) is 0 Å². The average molecular weight is 442 g/mol. The molecule has 2 aliphatic rings. The number of methoxy groups -OCH3 is 1. The summed E-state index contributed by atoms with van der Waals surface area (Å²) in [5.41, 5.74) is 1.31. The van der Waals surface area contributed by atoms with Crippen LogP contribution in [0.25, 0.3) is 0 Å². The van der Waals surface area contributed by atoms with Crippen molar-refractivity contribution in [1.82, 2.24) is 10.2 Å². The molecule has 0 spiro atoms. The van der Waals surface area contributed by atoms with Gasteiger partial charge in [-0.3, -0.25) is 4.90 Å². The van der Waals surface area contributed by atoms with Crippen molar-refractivity contribution >= 4 is 40.7 Å². The lowest BCUT2D eigenvalue weighted by Crippen LogP contribution is -2.47. The van der Waals surface area contributed by atoms with E-state index in [1.807, 2.05) is 0 Å². The Kier molecular flexibility index (Phi) is 9.94. The van der Waals surface area contributed by atoms with Gasteiger partial charge in [0.25, 0.3) is 0 Å². The van der Waals surface area contributed by atoms with Crippen molar-refractivity contribution < 1.29 is 9.47 Å². The topological polar surface area (TPSA) is 33.7 Å². The van der Waals surface area contributed by atoms with Crippen molar-refractivity contribution in [3.63, 3.8) is 0 Å². The molecule has 0 unspecified atom stereocenters. The predicted molar refractivity (Wildman–Crippen MR) is 106 cm³/mol. The first-order chi connectivity index (χ1) is 10.8. The van der Waals surface area contributed by atoms with Gasteiger partial charge >= 0.3 is 0 Å². The van der Waals surface area contributed by atoms with Crippen LogP contribution in [0.4, 0.5) is 0 Å². The molecule has 3 rings (SSSR count). The lowest BCUT2D eigenvalue weighted by atomic mass is 9.85. The molecule has 2 aliphatic heterocycles. The molecule has 1 atom stereocenters. The van der Waals surface area contributed by atoms with Crippen LogP contribution in [0.1, 0.15) is 24.4 Å². The summed E-state index contributed by atoms with van der Waals surface area (Å²) in [7, 11) is 1.77. The molecule has 0 radical (unpaired) electrons. The molecule has 2 heterocycles. The number of hydrogen-bond acceptors (Lipinski definition) is 4. The fourth-order valence-corrected chi connectivity index (χ4v) is 4.06. The van der Waals surface area contributed by atoms with Crippen LogP contribution in [0.3, 0.4) is 0 Å². The summed E-state index contributed by atoms with van der Waals surface area (Å²) in [6, 6.07) is 6.79. The number of nitrogens with one attached hydrogen (secondary N) is 1. The zero-order valence-corrected chi connectivity index (χ0v) is 17.2. The maximum absolute atomic E-state index is 5.67. The van der Waals surface area contributed by atoms with Gasteiger partial charge in [-0.2, -0.15) is 0 Å². The molecule has 2 saturated heterocycles. The summed E-state index contributed by atoms with van der Waals surface area (Å²) in [5, 5.41) is 3.46. The van der Waals surface area contributed by atoms with Crippen molar-refractivity contribution in [3.05, 3.63) is 28.2 Å². The van der Waals surface area contributed by atoms with E-state index in [0.717, 1.165) is 62.5 Å². The van der Waals surface area contributed by atoms with Crippen molar-refractivity contribution in [2.24, 2.45) is 5.92 Å². The normalized spacial score (nSPS) is 20.6. The van der Waals surface area contributed by atoms with E-state index in [-0.39, 0.29) is 24.8 Å². The Hall–Kier alpha value is -0.0400. The Morgan fingerprint density at radius 2 is 1.88 bits per heavy atom. The van der Waals surface area contributed by atoms with Crippen LogP contribution >= 0.6 is 40.7 Å². The second-order valence-corrected chi connectivity index (χ2v) is 6.98. The highest BCUT2D eigenvalue weighted by molar-refractivity contribution is 9.10. The predicted octanol–water partition coefficient (Wildman–Crippen LogP) is 3.67. The smallest absolute Gasteiger partial charge is 0.123 e. The largest absolute Gasteiger partial charge is 0.496 e. The van der Waals surface area contributed by atoms with Gasteiger partial charge in [-0.1, -0.05) is 15.9 Å². The highest BCUT2D eigenvalue weighted by Gasteiger charge is 2.33. The molecule has 0 saturated carbocycles. The summed E-state index contributed by atoms with van der Waals surface area (Å²) in [5.74, 6) is 1.63.